The number of rotatable bonds is 6. The SMILES string of the molecule is O=C(NCCc1c[nH]c2ccc(Cl)cc12)c1cc2n(n1)CCCN(Cc1ccc(F)cc1)C2=O. The normalized spacial score (nSPS) is 13.7. The number of amides is 2. The summed E-state index contributed by atoms with van der Waals surface area (Å²) in [6, 6.07) is 13.3. The van der Waals surface area contributed by atoms with Crippen LogP contribution in [0.25, 0.3) is 10.9 Å². The summed E-state index contributed by atoms with van der Waals surface area (Å²) in [4.78, 5) is 30.8. The molecule has 0 bridgehead atoms. The van der Waals surface area contributed by atoms with Crippen molar-refractivity contribution in [1.82, 2.24) is 25.0 Å². The van der Waals surface area contributed by atoms with E-state index < -0.39 is 0 Å². The van der Waals surface area contributed by atoms with Gasteiger partial charge in [0, 0.05) is 54.4 Å². The second-order valence-electron chi connectivity index (χ2n) is 8.35. The van der Waals surface area contributed by atoms with Gasteiger partial charge in [0.25, 0.3) is 11.8 Å². The second-order valence-corrected chi connectivity index (χ2v) is 8.79. The lowest BCUT2D eigenvalue weighted by molar-refractivity contribution is 0.0745. The van der Waals surface area contributed by atoms with Crippen LogP contribution in [0.4, 0.5) is 4.39 Å². The van der Waals surface area contributed by atoms with Crippen LogP contribution < -0.4 is 5.32 Å². The Morgan fingerprint density at radius 1 is 1.15 bits per heavy atom. The van der Waals surface area contributed by atoms with Crippen LogP contribution in [-0.2, 0) is 19.5 Å². The first-order chi connectivity index (χ1) is 16.5. The summed E-state index contributed by atoms with van der Waals surface area (Å²) < 4.78 is 14.8. The predicted octanol–water partition coefficient (Wildman–Crippen LogP) is 4.18. The Morgan fingerprint density at radius 3 is 2.79 bits per heavy atom. The van der Waals surface area contributed by atoms with Crippen LogP contribution in [0.15, 0.2) is 54.7 Å². The van der Waals surface area contributed by atoms with Gasteiger partial charge in [0.05, 0.1) is 0 Å². The fourth-order valence-corrected chi connectivity index (χ4v) is 4.44. The summed E-state index contributed by atoms with van der Waals surface area (Å²) in [5, 5.41) is 8.96. The summed E-state index contributed by atoms with van der Waals surface area (Å²) in [7, 11) is 0. The number of aromatic nitrogens is 3. The van der Waals surface area contributed by atoms with Gasteiger partial charge in [0.15, 0.2) is 5.69 Å². The van der Waals surface area contributed by atoms with Crippen LogP contribution in [0.3, 0.4) is 0 Å². The van der Waals surface area contributed by atoms with Crippen LogP contribution in [-0.4, -0.2) is 44.6 Å². The van der Waals surface area contributed by atoms with E-state index >= 15 is 0 Å². The summed E-state index contributed by atoms with van der Waals surface area (Å²) in [6.07, 6.45) is 3.26. The zero-order chi connectivity index (χ0) is 23.7. The number of hydrogen-bond donors (Lipinski definition) is 2. The fraction of sp³-hybridized carbons (Fsp3) is 0.240. The Labute approximate surface area is 200 Å². The summed E-state index contributed by atoms with van der Waals surface area (Å²) in [6.45, 7) is 1.91. The molecule has 4 aromatic rings. The summed E-state index contributed by atoms with van der Waals surface area (Å²) in [5.74, 6) is -0.825. The van der Waals surface area contributed by atoms with E-state index in [0.29, 0.717) is 49.7 Å². The molecule has 3 heterocycles. The van der Waals surface area contributed by atoms with E-state index in [2.05, 4.69) is 15.4 Å². The van der Waals surface area contributed by atoms with Gasteiger partial charge in [0.2, 0.25) is 0 Å². The molecule has 1 aliphatic rings. The largest absolute Gasteiger partial charge is 0.361 e. The van der Waals surface area contributed by atoms with Crippen molar-refractivity contribution in [3.05, 3.63) is 88.1 Å². The highest BCUT2D eigenvalue weighted by molar-refractivity contribution is 6.31. The maximum Gasteiger partial charge on any atom is 0.272 e. The van der Waals surface area contributed by atoms with Gasteiger partial charge < -0.3 is 15.2 Å². The molecule has 2 amide bonds. The molecule has 0 saturated carbocycles. The highest BCUT2D eigenvalue weighted by Crippen LogP contribution is 2.22. The molecule has 1 aliphatic heterocycles. The fourth-order valence-electron chi connectivity index (χ4n) is 4.27. The first-order valence-electron chi connectivity index (χ1n) is 11.1. The number of nitrogens with one attached hydrogen (secondary N) is 2. The number of nitrogens with zero attached hydrogens (tertiary/aromatic N) is 3. The Kier molecular flexibility index (Phi) is 6.06. The van der Waals surface area contributed by atoms with E-state index in [-0.39, 0.29) is 23.3 Å². The van der Waals surface area contributed by atoms with E-state index in [1.54, 1.807) is 27.8 Å². The lowest BCUT2D eigenvalue weighted by Gasteiger charge is -2.20. The van der Waals surface area contributed by atoms with Gasteiger partial charge in [-0.05, 0) is 54.3 Å². The molecule has 174 valence electrons. The molecule has 0 spiro atoms. The van der Waals surface area contributed by atoms with Crippen molar-refractivity contribution in [3.8, 4) is 0 Å². The Hall–Kier alpha value is -3.65. The lowest BCUT2D eigenvalue weighted by atomic mass is 10.1. The molecule has 0 aliphatic carbocycles. The Morgan fingerprint density at radius 2 is 1.97 bits per heavy atom. The standard InChI is InChI=1S/C25H23ClFN5O2/c26-18-4-7-21-20(12-18)17(14-29-21)8-9-28-24(33)22-13-23-25(34)31(10-1-11-32(23)30-22)15-16-2-5-19(27)6-3-16/h2-7,12-14,29H,1,8-11,15H2,(H,28,33). The first-order valence-corrected chi connectivity index (χ1v) is 11.5. The zero-order valence-electron chi connectivity index (χ0n) is 18.4. The van der Waals surface area contributed by atoms with Gasteiger partial charge in [-0.3, -0.25) is 14.3 Å². The maximum atomic E-state index is 13.2. The molecule has 0 fully saturated rings. The quantitative estimate of drug-likeness (QED) is 0.435. The molecule has 7 nitrogen and oxygen atoms in total. The zero-order valence-corrected chi connectivity index (χ0v) is 19.1. The van der Waals surface area contributed by atoms with E-state index in [9.17, 15) is 14.0 Å². The van der Waals surface area contributed by atoms with Crippen LogP contribution in [0, 0.1) is 5.82 Å². The number of carbonyl (C=O) groups is 2. The monoisotopic (exact) mass is 479 g/mol. The molecular weight excluding hydrogens is 457 g/mol. The van der Waals surface area contributed by atoms with Crippen molar-refractivity contribution in [3.63, 3.8) is 0 Å². The number of H-pyrrole nitrogens is 1. The van der Waals surface area contributed by atoms with Crippen molar-refractivity contribution < 1.29 is 14.0 Å². The van der Waals surface area contributed by atoms with Crippen LogP contribution in [0.2, 0.25) is 5.02 Å². The molecule has 0 atom stereocenters. The van der Waals surface area contributed by atoms with Gasteiger partial charge in [-0.2, -0.15) is 5.10 Å². The van der Waals surface area contributed by atoms with E-state index in [0.717, 1.165) is 22.0 Å². The van der Waals surface area contributed by atoms with E-state index in [1.807, 2.05) is 24.4 Å². The molecule has 34 heavy (non-hydrogen) atoms. The van der Waals surface area contributed by atoms with E-state index in [4.69, 9.17) is 11.6 Å². The molecule has 0 unspecified atom stereocenters. The smallest absolute Gasteiger partial charge is 0.272 e. The molecule has 2 N–H and O–H groups in total. The number of halogens is 2. The molecule has 9 heteroatoms. The van der Waals surface area contributed by atoms with Crippen molar-refractivity contribution in [1.29, 1.82) is 0 Å². The van der Waals surface area contributed by atoms with Gasteiger partial charge >= 0.3 is 0 Å². The van der Waals surface area contributed by atoms with E-state index in [1.165, 1.54) is 12.1 Å². The second kappa shape index (κ2) is 9.30. The molecule has 0 saturated heterocycles. The average molecular weight is 480 g/mol. The lowest BCUT2D eigenvalue weighted by Crippen LogP contribution is -2.30. The summed E-state index contributed by atoms with van der Waals surface area (Å²) in [5.41, 5.74) is 3.50. The molecule has 2 aromatic carbocycles. The van der Waals surface area contributed by atoms with Gasteiger partial charge in [-0.15, -0.1) is 0 Å². The first kappa shape index (κ1) is 22.2. The number of fused-ring (bicyclic) bond motifs is 2. The van der Waals surface area contributed by atoms with Crippen LogP contribution in [0.1, 0.15) is 38.5 Å². The molecule has 0 radical (unpaired) electrons. The van der Waals surface area contributed by atoms with Crippen molar-refractivity contribution >= 4 is 34.3 Å². The van der Waals surface area contributed by atoms with Crippen molar-refractivity contribution in [2.75, 3.05) is 13.1 Å². The topological polar surface area (TPSA) is 83.0 Å². The highest BCUT2D eigenvalue weighted by atomic mass is 35.5. The van der Waals surface area contributed by atoms with Crippen LogP contribution >= 0.6 is 11.6 Å². The molecule has 5 rings (SSSR count). The summed E-state index contributed by atoms with van der Waals surface area (Å²) >= 11 is 6.11. The predicted molar refractivity (Wildman–Crippen MR) is 127 cm³/mol. The minimum Gasteiger partial charge on any atom is -0.361 e. The number of aryl methyl sites for hydroxylation is 1. The number of benzene rings is 2. The minimum atomic E-state index is -0.323. The molecule has 2 aromatic heterocycles. The third-order valence-corrected chi connectivity index (χ3v) is 6.25. The average Bonchev–Trinajstić information content (AvgIpc) is 3.40. The number of carbonyl (C=O) groups excluding carboxylic acids is 2. The van der Waals surface area contributed by atoms with Crippen molar-refractivity contribution in [2.45, 2.75) is 25.9 Å². The minimum absolute atomic E-state index is 0.191. The Bertz CT molecular complexity index is 1360. The van der Waals surface area contributed by atoms with Gasteiger partial charge in [-0.25, -0.2) is 4.39 Å². The number of hydrogen-bond acceptors (Lipinski definition) is 3. The number of aromatic amines is 1. The van der Waals surface area contributed by atoms with Gasteiger partial charge in [0.1, 0.15) is 11.5 Å². The maximum absolute atomic E-state index is 13.2. The highest BCUT2D eigenvalue weighted by Gasteiger charge is 2.26. The van der Waals surface area contributed by atoms with Crippen molar-refractivity contribution in [2.24, 2.45) is 0 Å². The third-order valence-electron chi connectivity index (χ3n) is 6.01. The molecular formula is C25H23ClFN5O2. The van der Waals surface area contributed by atoms with Crippen LogP contribution in [0.5, 0.6) is 0 Å². The Balaban J connectivity index is 1.24. The third kappa shape index (κ3) is 4.54. The van der Waals surface area contributed by atoms with Gasteiger partial charge in [-0.1, -0.05) is 23.7 Å².